The number of ketones is 1. The average molecular weight is 675 g/mol. The van der Waals surface area contributed by atoms with Crippen LogP contribution in [0.4, 0.5) is 0 Å². The largest absolute Gasteiger partial charge is 0.345 e. The van der Waals surface area contributed by atoms with E-state index in [1.165, 1.54) is 0 Å². The Morgan fingerprint density at radius 1 is 0.837 bits per heavy atom. The number of carbonyl (C=O) groups excluding carboxylic acids is 4. The van der Waals surface area contributed by atoms with Crippen LogP contribution in [0.5, 0.6) is 0 Å². The van der Waals surface area contributed by atoms with E-state index in [0.717, 1.165) is 56.4 Å². The van der Waals surface area contributed by atoms with Crippen LogP contribution in [0.3, 0.4) is 0 Å². The van der Waals surface area contributed by atoms with Gasteiger partial charge in [0.15, 0.2) is 5.78 Å². The molecule has 10 nitrogen and oxygen atoms in total. The van der Waals surface area contributed by atoms with Crippen molar-refractivity contribution in [3.05, 3.63) is 71.8 Å². The van der Waals surface area contributed by atoms with Crippen LogP contribution < -0.4 is 22.1 Å². The van der Waals surface area contributed by atoms with Crippen molar-refractivity contribution in [3.8, 4) is 0 Å². The number of benzene rings is 2. The highest BCUT2D eigenvalue weighted by molar-refractivity contribution is 5.95. The summed E-state index contributed by atoms with van der Waals surface area (Å²) >= 11 is 0. The molecule has 2 bridgehead atoms. The molecule has 268 valence electrons. The number of rotatable bonds is 20. The number of piperidine rings is 1. The molecule has 5 rings (SSSR count). The van der Waals surface area contributed by atoms with Crippen LogP contribution in [0.15, 0.2) is 60.7 Å². The molecular formula is C39H58N6O4. The molecule has 3 amide bonds. The Morgan fingerprint density at radius 2 is 1.43 bits per heavy atom. The fourth-order valence-electron chi connectivity index (χ4n) is 7.35. The van der Waals surface area contributed by atoms with E-state index in [1.807, 2.05) is 79.4 Å². The lowest BCUT2D eigenvalue weighted by Gasteiger charge is -2.57. The second-order valence-corrected chi connectivity index (χ2v) is 14.4. The van der Waals surface area contributed by atoms with Gasteiger partial charge in [-0.3, -0.25) is 24.1 Å². The van der Waals surface area contributed by atoms with Crippen LogP contribution in [0.1, 0.15) is 76.8 Å². The number of hydrogen-bond donors (Lipinski definition) is 4. The summed E-state index contributed by atoms with van der Waals surface area (Å²) in [7, 11) is 0. The number of carbonyl (C=O) groups is 4. The molecule has 3 heterocycles. The fourth-order valence-corrected chi connectivity index (χ4v) is 7.35. The van der Waals surface area contributed by atoms with Crippen molar-refractivity contribution in [1.82, 2.24) is 20.4 Å². The molecule has 3 aliphatic heterocycles. The highest BCUT2D eigenvalue weighted by atomic mass is 16.2. The third-order valence-corrected chi connectivity index (χ3v) is 9.82. The molecule has 0 radical (unpaired) electrons. The number of unbranched alkanes of at least 4 members (excludes halogenated alkanes) is 1. The summed E-state index contributed by atoms with van der Waals surface area (Å²) < 4.78 is 0. The molecule has 3 aliphatic rings. The molecule has 0 aliphatic carbocycles. The first-order chi connectivity index (χ1) is 23.6. The number of amides is 3. The highest BCUT2D eigenvalue weighted by Gasteiger charge is 2.48. The maximum Gasteiger partial charge on any atom is 0.245 e. The van der Waals surface area contributed by atoms with Crippen molar-refractivity contribution < 1.29 is 19.2 Å². The Kier molecular flexibility index (Phi) is 14.8. The Bertz CT molecular complexity index is 1340. The lowest BCUT2D eigenvalue weighted by atomic mass is 9.85. The standard InChI is InChI=1S/C39H58N6O4/c1-4-19-44-25-31-24-32(26-44)45(31)39(49)34(17-11-12-18-40)42-37(47)30(20-27(2)3)23-36(46)35(22-29-15-9-6-10-16-29)43-38(48)33(41)21-28-13-7-5-8-14-28/h5-10,13-16,27,30-35H,4,11-12,17-26,40-41H2,1-3H3,(H,42,47)(H,43,48). The minimum Gasteiger partial charge on any atom is -0.345 e. The molecule has 3 fully saturated rings. The van der Waals surface area contributed by atoms with Gasteiger partial charge in [-0.1, -0.05) is 81.4 Å². The molecule has 0 saturated carbocycles. The van der Waals surface area contributed by atoms with Gasteiger partial charge in [0.05, 0.1) is 12.1 Å². The lowest BCUT2D eigenvalue weighted by Crippen LogP contribution is -2.72. The summed E-state index contributed by atoms with van der Waals surface area (Å²) in [6.07, 6.45) is 5.12. The second-order valence-electron chi connectivity index (χ2n) is 14.4. The van der Waals surface area contributed by atoms with Gasteiger partial charge >= 0.3 is 0 Å². The smallest absolute Gasteiger partial charge is 0.245 e. The first kappa shape index (κ1) is 38.2. The lowest BCUT2D eigenvalue weighted by molar-refractivity contribution is -0.157. The molecule has 49 heavy (non-hydrogen) atoms. The highest BCUT2D eigenvalue weighted by Crippen LogP contribution is 2.33. The third-order valence-electron chi connectivity index (χ3n) is 9.82. The first-order valence-corrected chi connectivity index (χ1v) is 18.3. The summed E-state index contributed by atoms with van der Waals surface area (Å²) in [5, 5.41) is 6.01. The Balaban J connectivity index is 1.47. The van der Waals surface area contributed by atoms with E-state index in [1.54, 1.807) is 0 Å². The van der Waals surface area contributed by atoms with Gasteiger partial charge in [0.2, 0.25) is 17.7 Å². The van der Waals surface area contributed by atoms with Crippen LogP contribution in [0.2, 0.25) is 0 Å². The Hall–Kier alpha value is -3.60. The fraction of sp³-hybridized carbons (Fsp3) is 0.590. The molecular weight excluding hydrogens is 616 g/mol. The molecule has 6 atom stereocenters. The van der Waals surface area contributed by atoms with Crippen LogP contribution in [-0.4, -0.2) is 89.7 Å². The molecule has 6 unspecified atom stereocenters. The van der Waals surface area contributed by atoms with Crippen LogP contribution >= 0.6 is 0 Å². The van der Waals surface area contributed by atoms with E-state index in [9.17, 15) is 19.2 Å². The quantitative estimate of drug-likeness (QED) is 0.158. The molecule has 6 N–H and O–H groups in total. The van der Waals surface area contributed by atoms with Crippen molar-refractivity contribution in [3.63, 3.8) is 0 Å². The monoisotopic (exact) mass is 674 g/mol. The van der Waals surface area contributed by atoms with Gasteiger partial charge in [-0.15, -0.1) is 0 Å². The van der Waals surface area contributed by atoms with Crippen molar-refractivity contribution in [2.75, 3.05) is 26.2 Å². The van der Waals surface area contributed by atoms with Gasteiger partial charge in [-0.2, -0.15) is 0 Å². The van der Waals surface area contributed by atoms with Gasteiger partial charge in [-0.25, -0.2) is 0 Å². The average Bonchev–Trinajstić information content (AvgIpc) is 3.08. The van der Waals surface area contributed by atoms with Gasteiger partial charge in [0.1, 0.15) is 6.04 Å². The van der Waals surface area contributed by atoms with E-state index in [0.29, 0.717) is 25.8 Å². The van der Waals surface area contributed by atoms with Gasteiger partial charge in [-0.05, 0) is 81.5 Å². The van der Waals surface area contributed by atoms with Crippen LogP contribution in [-0.2, 0) is 32.0 Å². The number of nitrogens with zero attached hydrogens (tertiary/aromatic N) is 2. The predicted molar refractivity (Wildman–Crippen MR) is 193 cm³/mol. The van der Waals surface area contributed by atoms with E-state index in [4.69, 9.17) is 11.5 Å². The van der Waals surface area contributed by atoms with Crippen molar-refractivity contribution in [2.45, 2.75) is 109 Å². The van der Waals surface area contributed by atoms with E-state index in [-0.39, 0.29) is 48.4 Å². The van der Waals surface area contributed by atoms with Crippen molar-refractivity contribution in [1.29, 1.82) is 0 Å². The van der Waals surface area contributed by atoms with Gasteiger partial charge in [0.25, 0.3) is 0 Å². The van der Waals surface area contributed by atoms with Gasteiger partial charge in [0, 0.05) is 37.5 Å². The maximum absolute atomic E-state index is 14.0. The normalized spacial score (nSPS) is 19.8. The van der Waals surface area contributed by atoms with E-state index >= 15 is 0 Å². The summed E-state index contributed by atoms with van der Waals surface area (Å²) in [5.41, 5.74) is 13.9. The van der Waals surface area contributed by atoms with E-state index in [2.05, 4.69) is 22.5 Å². The summed E-state index contributed by atoms with van der Waals surface area (Å²) in [4.78, 5) is 59.7. The topological polar surface area (TPSA) is 151 Å². The SMILES string of the molecule is CCCN1CC2CC(C1)N2C(=O)C(CCCCN)NC(=O)C(CC(=O)C(Cc1ccccc1)NC(=O)C(N)Cc1ccccc1)CC(C)C. The molecule has 0 aromatic heterocycles. The molecule has 2 aromatic carbocycles. The Labute approximate surface area is 292 Å². The third kappa shape index (κ3) is 11.2. The number of Topliss-reactive ketones (excluding diaryl/α,β-unsaturated/α-hetero) is 1. The van der Waals surface area contributed by atoms with Crippen LogP contribution in [0, 0.1) is 11.8 Å². The van der Waals surface area contributed by atoms with Crippen LogP contribution in [0.25, 0.3) is 0 Å². The number of hydrogen-bond acceptors (Lipinski definition) is 7. The zero-order chi connectivity index (χ0) is 35.3. The summed E-state index contributed by atoms with van der Waals surface area (Å²) in [5.74, 6) is -1.48. The molecule has 0 spiro atoms. The molecule has 3 saturated heterocycles. The van der Waals surface area contributed by atoms with Gasteiger partial charge < -0.3 is 27.0 Å². The number of nitrogens with one attached hydrogen (secondary N) is 2. The predicted octanol–water partition coefficient (Wildman–Crippen LogP) is 3.21. The maximum atomic E-state index is 14.0. The number of fused-ring (bicyclic) bond motifs is 2. The minimum absolute atomic E-state index is 0.0287. The van der Waals surface area contributed by atoms with Crippen molar-refractivity contribution >= 4 is 23.5 Å². The van der Waals surface area contributed by atoms with E-state index < -0.39 is 30.0 Å². The summed E-state index contributed by atoms with van der Waals surface area (Å²) in [6.45, 7) is 9.49. The zero-order valence-corrected chi connectivity index (χ0v) is 29.7. The Morgan fingerprint density at radius 3 is 2.00 bits per heavy atom. The summed E-state index contributed by atoms with van der Waals surface area (Å²) in [6, 6.07) is 17.0. The number of piperazine rings is 1. The number of nitrogens with two attached hydrogens (primary N) is 2. The molecule has 10 heteroatoms. The first-order valence-electron chi connectivity index (χ1n) is 18.3. The van der Waals surface area contributed by atoms with Crippen molar-refractivity contribution in [2.24, 2.45) is 23.3 Å². The second kappa shape index (κ2) is 19.0. The zero-order valence-electron chi connectivity index (χ0n) is 29.7. The molecule has 2 aromatic rings. The minimum atomic E-state index is -0.854.